The zero-order valence-corrected chi connectivity index (χ0v) is 19.7. The lowest BCUT2D eigenvalue weighted by Crippen LogP contribution is -2.49. The Bertz CT molecular complexity index is 1610. The predicted octanol–water partition coefficient (Wildman–Crippen LogP) is 5.54. The highest BCUT2D eigenvalue weighted by atomic mass is 19.4. The molecule has 1 atom stereocenters. The molecule has 6 rings (SSSR count). The molecule has 0 bridgehead atoms. The van der Waals surface area contributed by atoms with E-state index in [9.17, 15) is 13.2 Å². The van der Waals surface area contributed by atoms with Gasteiger partial charge in [0.1, 0.15) is 11.5 Å². The summed E-state index contributed by atoms with van der Waals surface area (Å²) in [5, 5.41) is 8.43. The number of aromatic nitrogens is 5. The van der Waals surface area contributed by atoms with Crippen molar-refractivity contribution in [2.75, 3.05) is 18.4 Å². The number of rotatable bonds is 3. The minimum absolute atomic E-state index is 0.0696. The lowest BCUT2D eigenvalue weighted by molar-refractivity contribution is -0.136. The molecule has 5 heterocycles. The van der Waals surface area contributed by atoms with Crippen LogP contribution in [-0.2, 0) is 6.18 Å². The highest BCUT2D eigenvalue weighted by Gasteiger charge is 2.37. The smallest absolute Gasteiger partial charge is 0.366 e. The number of halogens is 3. The van der Waals surface area contributed by atoms with Gasteiger partial charge in [0.2, 0.25) is 0 Å². The van der Waals surface area contributed by atoms with E-state index in [1.807, 2.05) is 24.3 Å². The van der Waals surface area contributed by atoms with Gasteiger partial charge in [0.25, 0.3) is 0 Å². The van der Waals surface area contributed by atoms with Crippen molar-refractivity contribution in [2.24, 2.45) is 5.41 Å². The molecule has 36 heavy (non-hydrogen) atoms. The van der Waals surface area contributed by atoms with E-state index in [0.717, 1.165) is 42.0 Å². The molecule has 0 spiro atoms. The molecular weight excluding hydrogens is 467 g/mol. The van der Waals surface area contributed by atoms with Gasteiger partial charge in [-0.25, -0.2) is 15.0 Å². The van der Waals surface area contributed by atoms with Crippen LogP contribution in [0.4, 0.5) is 19.0 Å². The highest BCUT2D eigenvalue weighted by Crippen LogP contribution is 2.40. The van der Waals surface area contributed by atoms with Gasteiger partial charge in [0, 0.05) is 46.8 Å². The molecule has 10 heteroatoms. The topological polar surface area (TPSA) is 91.4 Å². The summed E-state index contributed by atoms with van der Waals surface area (Å²) in [5.41, 5.74) is 1.34. The standard InChI is InChI=1S/C26H24F3N7/c1-25(2)13-30-9-8-19(25)35-24-21-16(26(27,28)29)11-31-12-18(21)34-22(36-24)15-7-10-32-23-20(15)14-5-3-4-6-17(14)33-23/h3-7,10-12,19,30H,8-9,13H2,1-2H3,(H,32,33)(H,34,35,36)/t19-/m0/s1. The van der Waals surface area contributed by atoms with Crippen molar-refractivity contribution in [1.82, 2.24) is 30.2 Å². The Morgan fingerprint density at radius 1 is 1.06 bits per heavy atom. The van der Waals surface area contributed by atoms with Crippen molar-refractivity contribution in [2.45, 2.75) is 32.5 Å². The lowest BCUT2D eigenvalue weighted by Gasteiger charge is -2.40. The van der Waals surface area contributed by atoms with Crippen molar-refractivity contribution in [3.63, 3.8) is 0 Å². The fourth-order valence-corrected chi connectivity index (χ4v) is 5.08. The summed E-state index contributed by atoms with van der Waals surface area (Å²) in [6.07, 6.45) is 0.00495. The van der Waals surface area contributed by atoms with Gasteiger partial charge in [-0.2, -0.15) is 13.2 Å². The highest BCUT2D eigenvalue weighted by molar-refractivity contribution is 6.12. The van der Waals surface area contributed by atoms with Gasteiger partial charge in [-0.15, -0.1) is 0 Å². The summed E-state index contributed by atoms with van der Waals surface area (Å²) >= 11 is 0. The molecule has 1 aromatic carbocycles. The van der Waals surface area contributed by atoms with Gasteiger partial charge in [-0.3, -0.25) is 4.98 Å². The average molecular weight is 492 g/mol. The van der Waals surface area contributed by atoms with Gasteiger partial charge in [0.15, 0.2) is 5.82 Å². The molecule has 0 amide bonds. The van der Waals surface area contributed by atoms with E-state index < -0.39 is 11.7 Å². The Labute approximate surface area is 204 Å². The Kier molecular flexibility index (Phi) is 5.11. The van der Waals surface area contributed by atoms with Crippen LogP contribution in [0, 0.1) is 5.41 Å². The number of H-pyrrole nitrogens is 1. The summed E-state index contributed by atoms with van der Waals surface area (Å²) in [6.45, 7) is 5.69. The molecule has 5 aromatic rings. The maximum atomic E-state index is 14.0. The number of benzene rings is 1. The van der Waals surface area contributed by atoms with Crippen LogP contribution in [0.3, 0.4) is 0 Å². The largest absolute Gasteiger partial charge is 0.418 e. The van der Waals surface area contributed by atoms with Gasteiger partial charge < -0.3 is 15.6 Å². The number of alkyl halides is 3. The first-order valence-electron chi connectivity index (χ1n) is 11.8. The molecule has 1 fully saturated rings. The number of piperidine rings is 1. The third-order valence-corrected chi connectivity index (χ3v) is 7.00. The van der Waals surface area contributed by atoms with Crippen LogP contribution in [0.2, 0.25) is 0 Å². The fraction of sp³-hybridized carbons (Fsp3) is 0.308. The summed E-state index contributed by atoms with van der Waals surface area (Å²) in [4.78, 5) is 20.9. The minimum Gasteiger partial charge on any atom is -0.366 e. The molecular formula is C26H24F3N7. The van der Waals surface area contributed by atoms with Crippen molar-refractivity contribution >= 4 is 38.7 Å². The predicted molar refractivity (Wildman–Crippen MR) is 134 cm³/mol. The Hall–Kier alpha value is -3.79. The van der Waals surface area contributed by atoms with E-state index in [4.69, 9.17) is 4.98 Å². The molecule has 1 saturated heterocycles. The molecule has 0 unspecified atom stereocenters. The van der Waals surface area contributed by atoms with Crippen molar-refractivity contribution in [3.05, 3.63) is 54.5 Å². The maximum Gasteiger partial charge on any atom is 0.418 e. The second kappa shape index (κ2) is 8.12. The number of nitrogens with zero attached hydrogens (tertiary/aromatic N) is 4. The van der Waals surface area contributed by atoms with Gasteiger partial charge in [-0.1, -0.05) is 32.0 Å². The molecule has 184 valence electrons. The van der Waals surface area contributed by atoms with E-state index in [2.05, 4.69) is 44.4 Å². The van der Waals surface area contributed by atoms with Crippen LogP contribution in [0.25, 0.3) is 44.2 Å². The Morgan fingerprint density at radius 2 is 1.89 bits per heavy atom. The molecule has 7 nitrogen and oxygen atoms in total. The zero-order valence-electron chi connectivity index (χ0n) is 19.7. The van der Waals surface area contributed by atoms with Crippen molar-refractivity contribution < 1.29 is 13.2 Å². The van der Waals surface area contributed by atoms with Crippen molar-refractivity contribution in [3.8, 4) is 11.4 Å². The summed E-state index contributed by atoms with van der Waals surface area (Å²) in [7, 11) is 0. The van der Waals surface area contributed by atoms with Crippen LogP contribution in [-0.4, -0.2) is 44.1 Å². The van der Waals surface area contributed by atoms with Crippen LogP contribution in [0.5, 0.6) is 0 Å². The summed E-state index contributed by atoms with van der Waals surface area (Å²) < 4.78 is 42.1. The SMILES string of the molecule is CC1(C)CNCC[C@@H]1Nc1nc(-c2ccnc3[nH]c4ccccc4c23)nc2cncc(C(F)(F)F)c12. The Balaban J connectivity index is 1.61. The first-order chi connectivity index (χ1) is 17.2. The van der Waals surface area contributed by atoms with Crippen molar-refractivity contribution in [1.29, 1.82) is 0 Å². The number of fused-ring (bicyclic) bond motifs is 4. The number of pyridine rings is 2. The molecule has 1 aliphatic heterocycles. The van der Waals surface area contributed by atoms with E-state index in [0.29, 0.717) is 17.0 Å². The van der Waals surface area contributed by atoms with Crippen LogP contribution in [0.15, 0.2) is 48.9 Å². The summed E-state index contributed by atoms with van der Waals surface area (Å²) in [5.74, 6) is 0.476. The first-order valence-corrected chi connectivity index (χ1v) is 11.8. The summed E-state index contributed by atoms with van der Waals surface area (Å²) in [6, 6.07) is 9.50. The van der Waals surface area contributed by atoms with Gasteiger partial charge >= 0.3 is 6.18 Å². The quantitative estimate of drug-likeness (QED) is 0.307. The second-order valence-electron chi connectivity index (χ2n) is 9.88. The molecule has 0 radical (unpaired) electrons. The number of hydrogen-bond acceptors (Lipinski definition) is 6. The normalized spacial score (nSPS) is 18.2. The van der Waals surface area contributed by atoms with Crippen LogP contribution in [0.1, 0.15) is 25.8 Å². The second-order valence-corrected chi connectivity index (χ2v) is 9.88. The Morgan fingerprint density at radius 3 is 2.69 bits per heavy atom. The number of hydrogen-bond donors (Lipinski definition) is 3. The molecule has 4 aromatic heterocycles. The molecule has 0 aliphatic carbocycles. The van der Waals surface area contributed by atoms with E-state index >= 15 is 0 Å². The third kappa shape index (κ3) is 3.72. The number of aromatic amines is 1. The number of anilines is 1. The maximum absolute atomic E-state index is 14.0. The fourth-order valence-electron chi connectivity index (χ4n) is 5.08. The van der Waals surface area contributed by atoms with E-state index in [1.54, 1.807) is 12.3 Å². The zero-order chi connectivity index (χ0) is 25.1. The molecule has 0 saturated carbocycles. The van der Waals surface area contributed by atoms with Gasteiger partial charge in [0.05, 0.1) is 22.7 Å². The molecule has 1 aliphatic rings. The lowest BCUT2D eigenvalue weighted by atomic mass is 9.80. The monoisotopic (exact) mass is 491 g/mol. The van der Waals surface area contributed by atoms with Crippen LogP contribution < -0.4 is 10.6 Å². The van der Waals surface area contributed by atoms with E-state index in [-0.39, 0.29) is 28.2 Å². The molecule has 3 N–H and O–H groups in total. The minimum atomic E-state index is -4.60. The van der Waals surface area contributed by atoms with Crippen LogP contribution >= 0.6 is 0 Å². The third-order valence-electron chi connectivity index (χ3n) is 7.00. The average Bonchev–Trinajstić information content (AvgIpc) is 3.23. The van der Waals surface area contributed by atoms with E-state index in [1.165, 1.54) is 6.20 Å². The number of para-hydroxylation sites is 1. The first kappa shape index (κ1) is 22.7. The van der Waals surface area contributed by atoms with Gasteiger partial charge in [-0.05, 0) is 30.5 Å². The number of nitrogens with one attached hydrogen (secondary N) is 3.